The molecular formula is C65H76N9O13PS. The minimum atomic E-state index is -5.06. The fraction of sp³-hybridized carbons (Fsp3) is 0.431. The largest absolute Gasteiger partial charge is 0.396 e. The number of likely N-dealkylation sites (tertiary alicyclic amines) is 1. The Bertz CT molecular complexity index is 3760. The summed E-state index contributed by atoms with van der Waals surface area (Å²) in [4.78, 5) is 140. The lowest BCUT2D eigenvalue weighted by Gasteiger charge is -2.36. The maximum absolute atomic E-state index is 14.6. The number of hydrogen-bond acceptors (Lipinski definition) is 13. The maximum Gasteiger partial charge on any atom is 0.396 e. The van der Waals surface area contributed by atoms with E-state index in [0.29, 0.717) is 55.1 Å². The number of amides is 7. The van der Waals surface area contributed by atoms with Gasteiger partial charge in [0.25, 0.3) is 11.4 Å². The molecule has 10 rings (SSSR count). The molecule has 1 aliphatic carbocycles. The Morgan fingerprint density at radius 2 is 1.62 bits per heavy atom. The molecule has 7 amide bonds. The lowest BCUT2D eigenvalue weighted by Crippen LogP contribution is -2.58. The first-order valence-corrected chi connectivity index (χ1v) is 32.6. The summed E-state index contributed by atoms with van der Waals surface area (Å²) in [6, 6.07) is 22.1. The SMILES string of the molecule is Cc1ncsc1-c1ccc(CNC(=O)[C@@H]2C[C@@H](O)CN2C(=O)[C@@H](NC(=O)C2(CCCc3ccc(CO[C@H](C)[C@H](CCC(N)=O)NC(=O)[C@@H]4Cc5cccc6c5N4C(=O)[C@@H](NC(=O)c4cc5cc(C(=O)P(=O)(O)O)ccc5[nH]4)CC6)cc3)CC2)C(C)(C)C)cc1. The highest BCUT2D eigenvalue weighted by molar-refractivity contribution is 7.70. The fourth-order valence-electron chi connectivity index (χ4n) is 12.4. The molecule has 1 saturated heterocycles. The molecule has 0 bridgehead atoms. The number of thiazole rings is 1. The Morgan fingerprint density at radius 1 is 0.910 bits per heavy atom. The van der Waals surface area contributed by atoms with Crippen LogP contribution in [0.3, 0.4) is 0 Å². The number of carbonyl (C=O) groups excluding carboxylic acids is 8. The van der Waals surface area contributed by atoms with Crippen LogP contribution in [0.15, 0.2) is 96.5 Å². The zero-order chi connectivity index (χ0) is 63.7. The fourth-order valence-corrected chi connectivity index (χ4v) is 13.6. The highest BCUT2D eigenvalue weighted by atomic mass is 32.1. The Kier molecular flexibility index (Phi) is 18.9. The number of aromatic nitrogens is 2. The normalized spacial score (nSPS) is 19.6. The number of nitrogens with one attached hydrogen (secondary N) is 5. The second-order valence-corrected chi connectivity index (χ2v) is 27.5. The van der Waals surface area contributed by atoms with E-state index in [1.54, 1.807) is 23.8 Å². The third-order valence-corrected chi connectivity index (χ3v) is 19.4. The van der Waals surface area contributed by atoms with E-state index in [-0.39, 0.29) is 74.9 Å². The molecule has 470 valence electrons. The van der Waals surface area contributed by atoms with Crippen LogP contribution in [0, 0.1) is 17.8 Å². The molecule has 24 heteroatoms. The van der Waals surface area contributed by atoms with Gasteiger partial charge in [-0.2, -0.15) is 0 Å². The standard InChI is InChI=1S/C65H76N9O13PS/c1-36-55(89-35-68-36)42-17-15-39(16-18-42)32-67-58(78)51-31-46(75)33-73(51)61(81)56(64(3,4)5)72-63(83)65(26-27-65)25-7-8-38-11-13-40(14-12-38)34-87-37(2)47(23-24-53(66)76)70-59(79)52-30-43-10-6-9-41-19-22-49(60(80)74(52)54(41)43)71-57(77)50-29-45-28-44(20-21-48(45)69-50)62(82)88(84,85)86/h6,9-18,20-21,28-29,35,37,46-47,49,51-52,56,69,75H,7-8,19,22-27,30-34H2,1-5H3,(H2,66,76)(H,67,78)(H,70,79)(H,71,77)(H,72,83)(H2,84,85,86)/t37-,46-,47+,49+,51+,52+,56-/m1/s1. The van der Waals surface area contributed by atoms with Gasteiger partial charge in [0.05, 0.1) is 46.6 Å². The smallest absolute Gasteiger partial charge is 0.391 e. The number of aryl methyl sites for hydroxylation is 3. The van der Waals surface area contributed by atoms with Crippen LogP contribution in [0.5, 0.6) is 0 Å². The van der Waals surface area contributed by atoms with Gasteiger partial charge in [0, 0.05) is 54.2 Å². The molecule has 7 atom stereocenters. The summed E-state index contributed by atoms with van der Waals surface area (Å²) in [6.45, 7) is 9.75. The van der Waals surface area contributed by atoms with E-state index in [0.717, 1.165) is 44.0 Å². The molecule has 0 unspecified atom stereocenters. The third kappa shape index (κ3) is 14.6. The van der Waals surface area contributed by atoms with Gasteiger partial charge < -0.3 is 56.5 Å². The Labute approximate surface area is 519 Å². The number of hydrogen-bond donors (Lipinski definition) is 9. The summed E-state index contributed by atoms with van der Waals surface area (Å²) >= 11 is 1.56. The first-order valence-electron chi connectivity index (χ1n) is 30.1. The summed E-state index contributed by atoms with van der Waals surface area (Å²) in [5.41, 5.74) is 11.9. The minimum absolute atomic E-state index is 0.0236. The van der Waals surface area contributed by atoms with Crippen LogP contribution >= 0.6 is 18.9 Å². The molecular weight excluding hydrogens is 1180 g/mol. The van der Waals surface area contributed by atoms with Crippen LogP contribution < -0.4 is 31.9 Å². The topological polar surface area (TPSA) is 333 Å². The van der Waals surface area contributed by atoms with E-state index in [1.807, 2.05) is 94.4 Å². The zero-order valence-corrected chi connectivity index (χ0v) is 52.1. The summed E-state index contributed by atoms with van der Waals surface area (Å²) in [7, 11) is -5.06. The number of carbonyl (C=O) groups is 8. The van der Waals surface area contributed by atoms with Gasteiger partial charge in [-0.05, 0) is 128 Å². The second kappa shape index (κ2) is 26.3. The second-order valence-electron chi connectivity index (χ2n) is 25.2. The van der Waals surface area contributed by atoms with Crippen molar-refractivity contribution in [2.45, 2.75) is 161 Å². The molecule has 22 nitrogen and oxygen atoms in total. The van der Waals surface area contributed by atoms with Crippen molar-refractivity contribution in [1.82, 2.24) is 36.1 Å². The molecule has 89 heavy (non-hydrogen) atoms. The lowest BCUT2D eigenvalue weighted by atomic mass is 9.84. The monoisotopic (exact) mass is 1250 g/mol. The number of aliphatic hydroxyl groups is 1. The van der Waals surface area contributed by atoms with Gasteiger partial charge in [-0.3, -0.25) is 47.8 Å². The van der Waals surface area contributed by atoms with Gasteiger partial charge in [0.2, 0.25) is 35.4 Å². The summed E-state index contributed by atoms with van der Waals surface area (Å²) in [5, 5.41) is 23.0. The highest BCUT2D eigenvalue weighted by Gasteiger charge is 2.52. The van der Waals surface area contributed by atoms with Crippen LogP contribution in [0.4, 0.5) is 5.69 Å². The lowest BCUT2D eigenvalue weighted by molar-refractivity contribution is -0.144. The molecule has 2 aromatic heterocycles. The Balaban J connectivity index is 0.714. The zero-order valence-electron chi connectivity index (χ0n) is 50.4. The molecule has 6 aromatic rings. The van der Waals surface area contributed by atoms with Crippen molar-refractivity contribution in [3.63, 3.8) is 0 Å². The molecule has 3 aliphatic heterocycles. The van der Waals surface area contributed by atoms with E-state index in [4.69, 9.17) is 10.5 Å². The van der Waals surface area contributed by atoms with Crippen molar-refractivity contribution in [1.29, 1.82) is 0 Å². The number of anilines is 1. The number of fused-ring (bicyclic) bond motifs is 1. The number of benzene rings is 4. The number of rotatable bonds is 24. The van der Waals surface area contributed by atoms with Crippen LogP contribution in [0.25, 0.3) is 21.3 Å². The highest BCUT2D eigenvalue weighted by Crippen LogP contribution is 2.50. The van der Waals surface area contributed by atoms with Crippen molar-refractivity contribution in [3.05, 3.63) is 141 Å². The van der Waals surface area contributed by atoms with E-state index in [1.165, 1.54) is 34.1 Å². The van der Waals surface area contributed by atoms with Crippen LogP contribution in [0.2, 0.25) is 0 Å². The number of aliphatic hydroxyl groups excluding tert-OH is 1. The number of aromatic amines is 1. The summed E-state index contributed by atoms with van der Waals surface area (Å²) in [6.07, 6.45) is 2.85. The number of β-amino-alcohol motifs (C(OH)–C–C–N with tert-alkyl or cyclic N) is 1. The number of primary amides is 1. The van der Waals surface area contributed by atoms with Crippen molar-refractivity contribution < 1.29 is 62.6 Å². The maximum atomic E-state index is 14.6. The number of H-pyrrole nitrogens is 1. The molecule has 0 spiro atoms. The Hall–Kier alpha value is -7.92. The average molecular weight is 1250 g/mol. The van der Waals surface area contributed by atoms with Gasteiger partial charge in [-0.15, -0.1) is 11.3 Å². The Morgan fingerprint density at radius 3 is 2.29 bits per heavy atom. The van der Waals surface area contributed by atoms with Gasteiger partial charge >= 0.3 is 7.60 Å². The van der Waals surface area contributed by atoms with Crippen molar-refractivity contribution in [2.24, 2.45) is 16.6 Å². The minimum Gasteiger partial charge on any atom is -0.391 e. The number of nitrogens with two attached hydrogens (primary N) is 1. The number of ether oxygens (including phenoxy) is 1. The molecule has 0 radical (unpaired) electrons. The average Bonchev–Trinajstić information content (AvgIpc) is 1.87. The van der Waals surface area contributed by atoms with Crippen LogP contribution in [0.1, 0.15) is 133 Å². The molecule has 5 heterocycles. The van der Waals surface area contributed by atoms with E-state index < -0.39 is 95.9 Å². The molecule has 1 saturated carbocycles. The predicted octanol–water partition coefficient (Wildman–Crippen LogP) is 6.19. The summed E-state index contributed by atoms with van der Waals surface area (Å²) < 4.78 is 18.0. The number of para-hydroxylation sites is 1. The van der Waals surface area contributed by atoms with Gasteiger partial charge in [0.1, 0.15) is 29.9 Å². The van der Waals surface area contributed by atoms with Gasteiger partial charge in [-0.25, -0.2) is 4.98 Å². The quantitative estimate of drug-likeness (QED) is 0.0305. The molecule has 10 N–H and O–H groups in total. The first kappa shape index (κ1) is 64.1. The molecule has 4 aliphatic rings. The molecule has 4 aromatic carbocycles. The van der Waals surface area contributed by atoms with Crippen LogP contribution in [-0.4, -0.2) is 126 Å². The van der Waals surface area contributed by atoms with E-state index in [9.17, 15) is 57.8 Å². The van der Waals surface area contributed by atoms with E-state index >= 15 is 0 Å². The summed E-state index contributed by atoms with van der Waals surface area (Å²) in [5.74, 6) is -3.18. The van der Waals surface area contributed by atoms with E-state index in [2.05, 4.69) is 31.2 Å². The van der Waals surface area contributed by atoms with Crippen molar-refractivity contribution in [2.75, 3.05) is 11.4 Å². The predicted molar refractivity (Wildman–Crippen MR) is 333 cm³/mol. The van der Waals surface area contributed by atoms with Gasteiger partial charge in [0.15, 0.2) is 0 Å². The van der Waals surface area contributed by atoms with Gasteiger partial charge in [-0.1, -0.05) is 87.5 Å². The van der Waals surface area contributed by atoms with Crippen molar-refractivity contribution >= 4 is 82.4 Å². The van der Waals surface area contributed by atoms with Crippen LogP contribution in [-0.2, 0) is 70.5 Å². The molecule has 2 fully saturated rings. The van der Waals surface area contributed by atoms with Crippen molar-refractivity contribution in [3.8, 4) is 10.4 Å². The number of nitrogens with zero attached hydrogens (tertiary/aromatic N) is 3. The third-order valence-electron chi connectivity index (χ3n) is 17.7. The first-order chi connectivity index (χ1) is 42.3.